The molecule has 1 aromatic heterocycles. The van der Waals surface area contributed by atoms with Crippen LogP contribution in [0.4, 0.5) is 0 Å². The first-order valence-corrected chi connectivity index (χ1v) is 7.81. The van der Waals surface area contributed by atoms with Crippen LogP contribution in [-0.2, 0) is 0 Å². The van der Waals surface area contributed by atoms with Gasteiger partial charge in [-0.3, -0.25) is 9.59 Å². The van der Waals surface area contributed by atoms with Gasteiger partial charge >= 0.3 is 0 Å². The number of pyridine rings is 1. The van der Waals surface area contributed by atoms with Crippen molar-refractivity contribution in [2.45, 2.75) is 13.8 Å². The summed E-state index contributed by atoms with van der Waals surface area (Å²) in [5, 5.41) is 0. The Morgan fingerprint density at radius 1 is 1.09 bits per heavy atom. The van der Waals surface area contributed by atoms with E-state index in [-0.39, 0.29) is 11.8 Å². The molecule has 120 valence electrons. The van der Waals surface area contributed by atoms with Crippen LogP contribution in [0.3, 0.4) is 0 Å². The Kier molecular flexibility index (Phi) is 5.49. The fourth-order valence-electron chi connectivity index (χ4n) is 2.52. The van der Waals surface area contributed by atoms with E-state index in [0.29, 0.717) is 37.6 Å². The molecule has 1 saturated heterocycles. The molecule has 0 unspecified atom stereocenters. The van der Waals surface area contributed by atoms with Gasteiger partial charge in [0.1, 0.15) is 11.4 Å². The average Bonchev–Trinajstić information content (AvgIpc) is 2.56. The van der Waals surface area contributed by atoms with E-state index >= 15 is 0 Å². The molecule has 0 N–H and O–H groups in total. The van der Waals surface area contributed by atoms with Gasteiger partial charge in [-0.2, -0.15) is 0 Å². The maximum Gasteiger partial charge on any atom is 0.272 e. The van der Waals surface area contributed by atoms with E-state index in [9.17, 15) is 9.59 Å². The number of rotatable bonds is 4. The van der Waals surface area contributed by atoms with Crippen molar-refractivity contribution in [1.82, 2.24) is 19.7 Å². The van der Waals surface area contributed by atoms with Crippen molar-refractivity contribution in [3.63, 3.8) is 0 Å². The Bertz CT molecular complexity index is 535. The maximum atomic E-state index is 12.5. The molecular formula is C16H24N4O2. The van der Waals surface area contributed by atoms with Crippen LogP contribution < -0.4 is 0 Å². The molecular weight excluding hydrogens is 280 g/mol. The monoisotopic (exact) mass is 304 g/mol. The smallest absolute Gasteiger partial charge is 0.272 e. The zero-order valence-corrected chi connectivity index (χ0v) is 13.6. The van der Waals surface area contributed by atoms with Crippen molar-refractivity contribution in [3.8, 4) is 0 Å². The summed E-state index contributed by atoms with van der Waals surface area (Å²) in [6, 6.07) is 5.08. The molecule has 6 nitrogen and oxygen atoms in total. The van der Waals surface area contributed by atoms with Gasteiger partial charge in [-0.05, 0) is 33.0 Å². The van der Waals surface area contributed by atoms with Gasteiger partial charge in [0.15, 0.2) is 0 Å². The van der Waals surface area contributed by atoms with E-state index in [0.717, 1.165) is 13.1 Å². The van der Waals surface area contributed by atoms with Crippen LogP contribution in [0.15, 0.2) is 18.2 Å². The molecule has 0 radical (unpaired) electrons. The zero-order chi connectivity index (χ0) is 16.1. The first kappa shape index (κ1) is 16.4. The lowest BCUT2D eigenvalue weighted by atomic mass is 10.2. The summed E-state index contributed by atoms with van der Waals surface area (Å²) in [4.78, 5) is 34.8. The maximum absolute atomic E-state index is 12.5. The van der Waals surface area contributed by atoms with E-state index in [2.05, 4.69) is 9.88 Å². The predicted octanol–water partition coefficient (Wildman–Crippen LogP) is 0.951. The van der Waals surface area contributed by atoms with Crippen LogP contribution in [-0.4, -0.2) is 77.8 Å². The second-order valence-electron chi connectivity index (χ2n) is 5.48. The summed E-state index contributed by atoms with van der Waals surface area (Å²) in [5.41, 5.74) is 0.686. The molecule has 0 aliphatic carbocycles. The van der Waals surface area contributed by atoms with Crippen molar-refractivity contribution in [2.75, 3.05) is 46.3 Å². The van der Waals surface area contributed by atoms with Crippen LogP contribution in [0.5, 0.6) is 0 Å². The van der Waals surface area contributed by atoms with E-state index in [4.69, 9.17) is 0 Å². The highest BCUT2D eigenvalue weighted by atomic mass is 16.2. The Hall–Kier alpha value is -1.95. The van der Waals surface area contributed by atoms with E-state index < -0.39 is 0 Å². The Labute approximate surface area is 131 Å². The quantitative estimate of drug-likeness (QED) is 0.831. The first-order chi connectivity index (χ1) is 10.6. The number of carbonyl (C=O) groups is 2. The van der Waals surface area contributed by atoms with E-state index in [1.54, 1.807) is 28.0 Å². The lowest BCUT2D eigenvalue weighted by Gasteiger charge is -2.32. The Morgan fingerprint density at radius 2 is 1.68 bits per heavy atom. The molecule has 2 heterocycles. The molecule has 1 aromatic rings. The summed E-state index contributed by atoms with van der Waals surface area (Å²) in [6.07, 6.45) is 0. The largest absolute Gasteiger partial charge is 0.338 e. The molecule has 2 amide bonds. The molecule has 0 atom stereocenters. The summed E-state index contributed by atoms with van der Waals surface area (Å²) in [6.45, 7) is 8.26. The van der Waals surface area contributed by atoms with Crippen LogP contribution in [0, 0.1) is 0 Å². The van der Waals surface area contributed by atoms with Crippen LogP contribution in [0.2, 0.25) is 0 Å². The van der Waals surface area contributed by atoms with Crippen LogP contribution in [0.1, 0.15) is 34.8 Å². The third-order valence-electron chi connectivity index (χ3n) is 4.03. The van der Waals surface area contributed by atoms with Gasteiger partial charge in [0.25, 0.3) is 11.8 Å². The normalized spacial score (nSPS) is 15.7. The molecule has 0 bridgehead atoms. The fourth-order valence-corrected chi connectivity index (χ4v) is 2.52. The number of carbonyl (C=O) groups excluding carboxylic acids is 2. The standard InChI is InChI=1S/C16H24N4O2/c1-4-19(5-2)15(21)13-7-6-8-14(17-13)16(22)20-11-9-18(3)10-12-20/h6-8H,4-5,9-12H2,1-3H3. The highest BCUT2D eigenvalue weighted by Crippen LogP contribution is 2.09. The topological polar surface area (TPSA) is 56.8 Å². The van der Waals surface area contributed by atoms with Crippen molar-refractivity contribution in [3.05, 3.63) is 29.6 Å². The minimum Gasteiger partial charge on any atom is -0.338 e. The van der Waals surface area contributed by atoms with Gasteiger partial charge in [0.05, 0.1) is 0 Å². The summed E-state index contributed by atoms with van der Waals surface area (Å²) in [7, 11) is 2.05. The third-order valence-corrected chi connectivity index (χ3v) is 4.03. The summed E-state index contributed by atoms with van der Waals surface area (Å²) < 4.78 is 0. The number of hydrogen-bond donors (Lipinski definition) is 0. The number of hydrogen-bond acceptors (Lipinski definition) is 4. The minimum absolute atomic E-state index is 0.0951. The average molecular weight is 304 g/mol. The SMILES string of the molecule is CCN(CC)C(=O)c1cccc(C(=O)N2CCN(C)CC2)n1. The number of likely N-dealkylation sites (N-methyl/N-ethyl adjacent to an activating group) is 1. The van der Waals surface area contributed by atoms with Crippen LogP contribution >= 0.6 is 0 Å². The number of piperazine rings is 1. The number of aromatic nitrogens is 1. The van der Waals surface area contributed by atoms with E-state index in [1.807, 2.05) is 20.9 Å². The lowest BCUT2D eigenvalue weighted by Crippen LogP contribution is -2.47. The highest BCUT2D eigenvalue weighted by Gasteiger charge is 2.22. The van der Waals surface area contributed by atoms with Gasteiger partial charge in [0.2, 0.25) is 0 Å². The van der Waals surface area contributed by atoms with Crippen molar-refractivity contribution in [1.29, 1.82) is 0 Å². The molecule has 6 heteroatoms. The van der Waals surface area contributed by atoms with Gasteiger partial charge in [-0.1, -0.05) is 6.07 Å². The van der Waals surface area contributed by atoms with Gasteiger partial charge in [-0.25, -0.2) is 4.98 Å². The summed E-state index contributed by atoms with van der Waals surface area (Å²) in [5.74, 6) is -0.222. The Balaban J connectivity index is 2.14. The molecule has 22 heavy (non-hydrogen) atoms. The molecule has 1 aliphatic heterocycles. The van der Waals surface area contributed by atoms with Gasteiger partial charge in [0, 0.05) is 39.3 Å². The summed E-state index contributed by atoms with van der Waals surface area (Å²) >= 11 is 0. The van der Waals surface area contributed by atoms with Crippen molar-refractivity contribution >= 4 is 11.8 Å². The van der Waals surface area contributed by atoms with E-state index in [1.165, 1.54) is 0 Å². The van der Waals surface area contributed by atoms with Gasteiger partial charge in [-0.15, -0.1) is 0 Å². The second-order valence-corrected chi connectivity index (χ2v) is 5.48. The number of nitrogens with zero attached hydrogens (tertiary/aromatic N) is 4. The number of amides is 2. The zero-order valence-electron chi connectivity index (χ0n) is 13.6. The fraction of sp³-hybridized carbons (Fsp3) is 0.562. The molecule has 0 spiro atoms. The molecule has 0 aromatic carbocycles. The molecule has 1 fully saturated rings. The Morgan fingerprint density at radius 3 is 2.27 bits per heavy atom. The van der Waals surface area contributed by atoms with Crippen LogP contribution in [0.25, 0.3) is 0 Å². The minimum atomic E-state index is -0.127. The predicted molar refractivity (Wildman–Crippen MR) is 84.9 cm³/mol. The lowest BCUT2D eigenvalue weighted by molar-refractivity contribution is 0.0657. The highest BCUT2D eigenvalue weighted by molar-refractivity contribution is 5.96. The molecule has 1 aliphatic rings. The third kappa shape index (κ3) is 3.62. The molecule has 0 saturated carbocycles. The second kappa shape index (κ2) is 7.35. The van der Waals surface area contributed by atoms with Gasteiger partial charge < -0.3 is 14.7 Å². The first-order valence-electron chi connectivity index (χ1n) is 7.81. The van der Waals surface area contributed by atoms with Crippen molar-refractivity contribution in [2.24, 2.45) is 0 Å². The van der Waals surface area contributed by atoms with Crippen molar-refractivity contribution < 1.29 is 9.59 Å². The molecule has 2 rings (SSSR count).